The lowest BCUT2D eigenvalue weighted by atomic mass is 9.87. The Labute approximate surface area is 135 Å². The number of hydrogen-bond donors (Lipinski definition) is 2. The molecule has 0 fully saturated rings. The number of rotatable bonds is 2. The van der Waals surface area contributed by atoms with Gasteiger partial charge < -0.3 is 10.2 Å². The molecule has 0 bridgehead atoms. The van der Waals surface area contributed by atoms with Crippen molar-refractivity contribution in [2.24, 2.45) is 5.92 Å². The van der Waals surface area contributed by atoms with Crippen LogP contribution in [0.4, 0.5) is 0 Å². The van der Waals surface area contributed by atoms with Gasteiger partial charge in [0.25, 0.3) is 0 Å². The van der Waals surface area contributed by atoms with E-state index in [1.54, 1.807) is 0 Å². The molecule has 124 valence electrons. The van der Waals surface area contributed by atoms with E-state index in [2.05, 4.69) is 39.5 Å². The van der Waals surface area contributed by atoms with Crippen molar-refractivity contribution in [1.29, 1.82) is 0 Å². The van der Waals surface area contributed by atoms with Crippen LogP contribution in [0.1, 0.15) is 59.3 Å². The van der Waals surface area contributed by atoms with Crippen molar-refractivity contribution in [2.75, 3.05) is 6.61 Å². The molecular formula is C20H32O2. The van der Waals surface area contributed by atoms with E-state index in [9.17, 15) is 10.2 Å². The topological polar surface area (TPSA) is 40.5 Å². The summed E-state index contributed by atoms with van der Waals surface area (Å²) in [7, 11) is 0. The molecule has 2 atom stereocenters. The molecule has 2 N–H and O–H groups in total. The van der Waals surface area contributed by atoms with Crippen LogP contribution in [0.2, 0.25) is 0 Å². The summed E-state index contributed by atoms with van der Waals surface area (Å²) in [6.07, 6.45) is 12.0. The first-order chi connectivity index (χ1) is 10.4. The van der Waals surface area contributed by atoms with E-state index in [0.717, 1.165) is 44.1 Å². The van der Waals surface area contributed by atoms with Gasteiger partial charge in [-0.3, -0.25) is 0 Å². The highest BCUT2D eigenvalue weighted by Crippen LogP contribution is 2.25. The molecule has 0 amide bonds. The van der Waals surface area contributed by atoms with Gasteiger partial charge in [0.2, 0.25) is 0 Å². The first-order valence-corrected chi connectivity index (χ1v) is 8.39. The molecule has 22 heavy (non-hydrogen) atoms. The molecule has 1 aliphatic rings. The van der Waals surface area contributed by atoms with Gasteiger partial charge in [0.1, 0.15) is 0 Å². The standard InChI is InChI=1S/C20H32O2/c1-15-7-5-9-16(2)11-12-19(18(4)14-21)20(22)13-17(3)10-6-8-15/h8-9,13,19-22H,4-7,10-12,14H2,1-3H3/t19-,20-/m0/s1. The monoisotopic (exact) mass is 304 g/mol. The van der Waals surface area contributed by atoms with Gasteiger partial charge in [0, 0.05) is 5.92 Å². The molecule has 2 nitrogen and oxygen atoms in total. The van der Waals surface area contributed by atoms with Crippen LogP contribution in [0.3, 0.4) is 0 Å². The molecule has 0 aromatic rings. The maximum Gasteiger partial charge on any atom is 0.0789 e. The van der Waals surface area contributed by atoms with E-state index in [0.29, 0.717) is 0 Å². The largest absolute Gasteiger partial charge is 0.392 e. The van der Waals surface area contributed by atoms with Crippen molar-refractivity contribution in [3.05, 3.63) is 47.1 Å². The van der Waals surface area contributed by atoms with Gasteiger partial charge in [-0.25, -0.2) is 0 Å². The van der Waals surface area contributed by atoms with Crippen LogP contribution in [0, 0.1) is 5.92 Å². The molecule has 0 aromatic carbocycles. The third kappa shape index (κ3) is 6.76. The Morgan fingerprint density at radius 2 is 1.59 bits per heavy atom. The van der Waals surface area contributed by atoms with Crippen molar-refractivity contribution >= 4 is 0 Å². The summed E-state index contributed by atoms with van der Waals surface area (Å²) in [6.45, 7) is 10.3. The second kappa shape index (κ2) is 9.81. The quantitative estimate of drug-likeness (QED) is 0.726. The maximum absolute atomic E-state index is 10.5. The molecule has 0 saturated heterocycles. The summed E-state index contributed by atoms with van der Waals surface area (Å²) in [6, 6.07) is 0. The minimum Gasteiger partial charge on any atom is -0.392 e. The molecule has 1 aliphatic carbocycles. The van der Waals surface area contributed by atoms with Crippen molar-refractivity contribution in [1.82, 2.24) is 0 Å². The molecule has 0 unspecified atom stereocenters. The fourth-order valence-corrected chi connectivity index (χ4v) is 2.90. The van der Waals surface area contributed by atoms with Crippen LogP contribution >= 0.6 is 0 Å². The fourth-order valence-electron chi connectivity index (χ4n) is 2.90. The third-order valence-electron chi connectivity index (χ3n) is 4.51. The van der Waals surface area contributed by atoms with Gasteiger partial charge in [-0.15, -0.1) is 0 Å². The van der Waals surface area contributed by atoms with Gasteiger partial charge in [-0.1, -0.05) is 41.5 Å². The van der Waals surface area contributed by atoms with Crippen LogP contribution in [0.15, 0.2) is 47.1 Å². The predicted molar refractivity (Wildman–Crippen MR) is 94.7 cm³/mol. The molecule has 0 heterocycles. The number of hydrogen-bond acceptors (Lipinski definition) is 2. The molecular weight excluding hydrogens is 272 g/mol. The normalized spacial score (nSPS) is 25.6. The zero-order valence-electron chi connectivity index (χ0n) is 14.4. The molecule has 0 radical (unpaired) electrons. The van der Waals surface area contributed by atoms with Gasteiger partial charge in [0.15, 0.2) is 0 Å². The number of aliphatic hydroxyl groups is 2. The van der Waals surface area contributed by atoms with Crippen molar-refractivity contribution in [2.45, 2.75) is 65.4 Å². The first-order valence-electron chi connectivity index (χ1n) is 8.39. The Hall–Kier alpha value is -1.12. The van der Waals surface area contributed by atoms with Gasteiger partial charge in [-0.2, -0.15) is 0 Å². The van der Waals surface area contributed by atoms with Crippen molar-refractivity contribution < 1.29 is 10.2 Å². The van der Waals surface area contributed by atoms with Crippen LogP contribution in [-0.4, -0.2) is 22.9 Å². The first kappa shape index (κ1) is 18.9. The second-order valence-corrected chi connectivity index (χ2v) is 6.64. The average molecular weight is 304 g/mol. The van der Waals surface area contributed by atoms with E-state index < -0.39 is 6.10 Å². The van der Waals surface area contributed by atoms with E-state index in [-0.39, 0.29) is 12.5 Å². The average Bonchev–Trinajstić information content (AvgIpc) is 2.46. The van der Waals surface area contributed by atoms with E-state index >= 15 is 0 Å². The second-order valence-electron chi connectivity index (χ2n) is 6.64. The summed E-state index contributed by atoms with van der Waals surface area (Å²) >= 11 is 0. The van der Waals surface area contributed by atoms with Gasteiger partial charge in [0.05, 0.1) is 12.7 Å². The molecule has 0 aromatic heterocycles. The SMILES string of the molecule is C=C(CO)[C@@H]1CCC(C)=CCCC(C)=CCCC(C)=C[C@@H]1O. The van der Waals surface area contributed by atoms with Crippen LogP contribution in [-0.2, 0) is 0 Å². The minimum atomic E-state index is -0.555. The molecule has 2 heteroatoms. The zero-order chi connectivity index (χ0) is 16.5. The van der Waals surface area contributed by atoms with E-state index in [1.807, 2.05) is 6.08 Å². The molecule has 1 rings (SSSR count). The van der Waals surface area contributed by atoms with E-state index in [1.165, 1.54) is 16.7 Å². The number of aliphatic hydroxyl groups excluding tert-OH is 2. The Morgan fingerprint density at radius 1 is 1.05 bits per heavy atom. The minimum absolute atomic E-state index is 0.0562. The van der Waals surface area contributed by atoms with Crippen molar-refractivity contribution in [3.63, 3.8) is 0 Å². The van der Waals surface area contributed by atoms with E-state index in [4.69, 9.17) is 0 Å². The highest BCUT2D eigenvalue weighted by Gasteiger charge is 2.20. The number of allylic oxidation sites excluding steroid dienone is 5. The third-order valence-corrected chi connectivity index (χ3v) is 4.51. The van der Waals surface area contributed by atoms with Crippen molar-refractivity contribution in [3.8, 4) is 0 Å². The van der Waals surface area contributed by atoms with Gasteiger partial charge in [-0.05, 0) is 64.9 Å². The van der Waals surface area contributed by atoms with Crippen LogP contribution in [0.25, 0.3) is 0 Å². The highest BCUT2D eigenvalue weighted by atomic mass is 16.3. The summed E-state index contributed by atoms with van der Waals surface area (Å²) in [5.74, 6) is -0.0662. The summed E-state index contributed by atoms with van der Waals surface area (Å²) in [5, 5.41) is 19.9. The van der Waals surface area contributed by atoms with Crippen LogP contribution in [0.5, 0.6) is 0 Å². The maximum atomic E-state index is 10.5. The Bertz CT molecular complexity index is 454. The Balaban J connectivity index is 2.93. The molecule has 0 aliphatic heterocycles. The summed E-state index contributed by atoms with van der Waals surface area (Å²) in [4.78, 5) is 0. The zero-order valence-corrected chi connectivity index (χ0v) is 14.4. The van der Waals surface area contributed by atoms with Gasteiger partial charge >= 0.3 is 0 Å². The Kier molecular flexibility index (Phi) is 8.44. The predicted octanol–water partition coefficient (Wildman–Crippen LogP) is 4.71. The lowest BCUT2D eigenvalue weighted by molar-refractivity contribution is 0.155. The summed E-state index contributed by atoms with van der Waals surface area (Å²) < 4.78 is 0. The van der Waals surface area contributed by atoms with Crippen LogP contribution < -0.4 is 0 Å². The molecule has 0 spiro atoms. The smallest absolute Gasteiger partial charge is 0.0789 e. The lowest BCUT2D eigenvalue weighted by Gasteiger charge is -2.23. The summed E-state index contributed by atoms with van der Waals surface area (Å²) in [5.41, 5.74) is 4.73. The lowest BCUT2D eigenvalue weighted by Crippen LogP contribution is -2.22. The Morgan fingerprint density at radius 3 is 2.18 bits per heavy atom. The fraction of sp³-hybridized carbons (Fsp3) is 0.600. The highest BCUT2D eigenvalue weighted by molar-refractivity contribution is 5.14. The molecule has 0 saturated carbocycles.